The minimum absolute atomic E-state index is 0.0147. The third-order valence-electron chi connectivity index (χ3n) is 2.68. The van der Waals surface area contributed by atoms with Crippen molar-refractivity contribution in [3.05, 3.63) is 57.0 Å². The molecule has 0 radical (unpaired) electrons. The Kier molecular flexibility index (Phi) is 4.52. The number of aryl methyl sites for hydroxylation is 1. The van der Waals surface area contributed by atoms with Gasteiger partial charge >= 0.3 is 0 Å². The van der Waals surface area contributed by atoms with Crippen LogP contribution >= 0.6 is 27.5 Å². The molecule has 2 rings (SSSR count). The standard InChI is InChI=1S/C14H12BrClN2O2/c1-8-6-10(16)3-5-12(8)20-13-7-9(15)2-4-11(13)14(17)18-19/h2-7,19H,1H3,(H2,17,18). The van der Waals surface area contributed by atoms with E-state index in [0.717, 1.165) is 10.0 Å². The first-order valence-corrected chi connectivity index (χ1v) is 6.90. The summed E-state index contributed by atoms with van der Waals surface area (Å²) in [6.07, 6.45) is 0. The highest BCUT2D eigenvalue weighted by Gasteiger charge is 2.11. The quantitative estimate of drug-likeness (QED) is 0.373. The van der Waals surface area contributed by atoms with Gasteiger partial charge in [0.1, 0.15) is 11.5 Å². The largest absolute Gasteiger partial charge is 0.456 e. The van der Waals surface area contributed by atoms with Gasteiger partial charge in [0.2, 0.25) is 0 Å². The second-order valence-corrected chi connectivity index (χ2v) is 5.49. The molecule has 0 aromatic heterocycles. The minimum Gasteiger partial charge on any atom is -0.456 e. The molecule has 0 atom stereocenters. The van der Waals surface area contributed by atoms with Crippen LogP contribution in [0.2, 0.25) is 5.02 Å². The van der Waals surface area contributed by atoms with Gasteiger partial charge in [-0.15, -0.1) is 0 Å². The van der Waals surface area contributed by atoms with E-state index in [1.54, 1.807) is 36.4 Å². The summed E-state index contributed by atoms with van der Waals surface area (Å²) in [5, 5.41) is 12.5. The van der Waals surface area contributed by atoms with E-state index >= 15 is 0 Å². The molecule has 0 aliphatic rings. The fourth-order valence-electron chi connectivity index (χ4n) is 1.69. The Bertz CT molecular complexity index is 674. The van der Waals surface area contributed by atoms with Crippen molar-refractivity contribution in [3.8, 4) is 11.5 Å². The van der Waals surface area contributed by atoms with Gasteiger partial charge in [0, 0.05) is 9.50 Å². The molecule has 0 spiro atoms. The second-order valence-electron chi connectivity index (χ2n) is 4.14. The molecule has 2 aromatic rings. The number of hydrogen-bond acceptors (Lipinski definition) is 3. The molecule has 0 heterocycles. The fraction of sp³-hybridized carbons (Fsp3) is 0.0714. The van der Waals surface area contributed by atoms with Crippen LogP contribution < -0.4 is 10.5 Å². The van der Waals surface area contributed by atoms with Crippen molar-refractivity contribution in [1.29, 1.82) is 0 Å². The average Bonchev–Trinajstić information content (AvgIpc) is 2.41. The molecule has 0 amide bonds. The van der Waals surface area contributed by atoms with Gasteiger partial charge in [0.05, 0.1) is 5.56 Å². The molecule has 4 nitrogen and oxygen atoms in total. The van der Waals surface area contributed by atoms with Crippen LogP contribution in [0.1, 0.15) is 11.1 Å². The molecule has 0 aliphatic carbocycles. The van der Waals surface area contributed by atoms with Crippen molar-refractivity contribution < 1.29 is 9.94 Å². The van der Waals surface area contributed by atoms with Crippen LogP contribution in [0.15, 0.2) is 46.0 Å². The number of oxime groups is 1. The molecule has 20 heavy (non-hydrogen) atoms. The molecular weight excluding hydrogens is 344 g/mol. The molecule has 104 valence electrons. The molecule has 0 bridgehead atoms. The van der Waals surface area contributed by atoms with Crippen molar-refractivity contribution in [3.63, 3.8) is 0 Å². The Morgan fingerprint density at radius 2 is 2.00 bits per heavy atom. The molecule has 0 saturated carbocycles. The molecule has 0 saturated heterocycles. The zero-order valence-electron chi connectivity index (χ0n) is 10.6. The normalized spacial score (nSPS) is 11.4. The molecule has 3 N–H and O–H groups in total. The predicted octanol–water partition coefficient (Wildman–Crippen LogP) is 4.30. The maximum absolute atomic E-state index is 8.82. The third-order valence-corrected chi connectivity index (χ3v) is 3.41. The first-order chi connectivity index (χ1) is 9.51. The van der Waals surface area contributed by atoms with Gasteiger partial charge in [-0.25, -0.2) is 0 Å². The Morgan fingerprint density at radius 1 is 1.25 bits per heavy atom. The first kappa shape index (κ1) is 14.7. The van der Waals surface area contributed by atoms with Gasteiger partial charge in [-0.1, -0.05) is 32.7 Å². The van der Waals surface area contributed by atoms with Gasteiger partial charge in [-0.3, -0.25) is 0 Å². The number of nitrogens with zero attached hydrogens (tertiary/aromatic N) is 1. The summed E-state index contributed by atoms with van der Waals surface area (Å²) in [7, 11) is 0. The average molecular weight is 356 g/mol. The van der Waals surface area contributed by atoms with E-state index in [1.807, 2.05) is 6.92 Å². The highest BCUT2D eigenvalue weighted by molar-refractivity contribution is 9.10. The van der Waals surface area contributed by atoms with Crippen molar-refractivity contribution in [2.45, 2.75) is 6.92 Å². The lowest BCUT2D eigenvalue weighted by Gasteiger charge is -2.13. The summed E-state index contributed by atoms with van der Waals surface area (Å²) in [4.78, 5) is 0. The minimum atomic E-state index is -0.0147. The number of rotatable bonds is 3. The van der Waals surface area contributed by atoms with E-state index in [1.165, 1.54) is 0 Å². The van der Waals surface area contributed by atoms with Crippen molar-refractivity contribution in [2.24, 2.45) is 10.9 Å². The van der Waals surface area contributed by atoms with E-state index < -0.39 is 0 Å². The molecular formula is C14H12BrClN2O2. The van der Waals surface area contributed by atoms with Crippen LogP contribution in [-0.2, 0) is 0 Å². The summed E-state index contributed by atoms with van der Waals surface area (Å²) < 4.78 is 6.67. The first-order valence-electron chi connectivity index (χ1n) is 5.72. The Hall–Kier alpha value is -1.72. The summed E-state index contributed by atoms with van der Waals surface area (Å²) in [5.41, 5.74) is 7.04. The van der Waals surface area contributed by atoms with Gasteiger partial charge in [0.15, 0.2) is 5.84 Å². The fourth-order valence-corrected chi connectivity index (χ4v) is 2.26. The topological polar surface area (TPSA) is 67.8 Å². The van der Waals surface area contributed by atoms with Gasteiger partial charge < -0.3 is 15.7 Å². The molecule has 2 aromatic carbocycles. The Balaban J connectivity index is 2.44. The van der Waals surface area contributed by atoms with Crippen LogP contribution in [0, 0.1) is 6.92 Å². The van der Waals surface area contributed by atoms with Crippen LogP contribution in [0.5, 0.6) is 11.5 Å². The van der Waals surface area contributed by atoms with E-state index in [-0.39, 0.29) is 5.84 Å². The molecule has 0 fully saturated rings. The van der Waals surface area contributed by atoms with Crippen LogP contribution in [-0.4, -0.2) is 11.0 Å². The van der Waals surface area contributed by atoms with Crippen LogP contribution in [0.25, 0.3) is 0 Å². The number of halogens is 2. The van der Waals surface area contributed by atoms with E-state index in [2.05, 4.69) is 21.1 Å². The van der Waals surface area contributed by atoms with Crippen LogP contribution in [0.3, 0.4) is 0 Å². The summed E-state index contributed by atoms with van der Waals surface area (Å²) in [5.74, 6) is 1.12. The number of amidine groups is 1. The SMILES string of the molecule is Cc1cc(Cl)ccc1Oc1cc(Br)ccc1/C(N)=N/O. The van der Waals surface area contributed by atoms with Crippen molar-refractivity contribution in [1.82, 2.24) is 0 Å². The zero-order valence-corrected chi connectivity index (χ0v) is 12.9. The van der Waals surface area contributed by atoms with Crippen molar-refractivity contribution >= 4 is 33.4 Å². The number of nitrogens with two attached hydrogens (primary N) is 1. The van der Waals surface area contributed by atoms with E-state index in [4.69, 9.17) is 27.3 Å². The van der Waals surface area contributed by atoms with Crippen molar-refractivity contribution in [2.75, 3.05) is 0 Å². The lowest BCUT2D eigenvalue weighted by Crippen LogP contribution is -2.14. The number of ether oxygens (including phenoxy) is 1. The Labute approximate surface area is 129 Å². The summed E-state index contributed by atoms with van der Waals surface area (Å²) in [6, 6.07) is 10.6. The maximum Gasteiger partial charge on any atom is 0.173 e. The van der Waals surface area contributed by atoms with Crippen LogP contribution in [0.4, 0.5) is 0 Å². The second kappa shape index (κ2) is 6.15. The number of hydrogen-bond donors (Lipinski definition) is 2. The Morgan fingerprint density at radius 3 is 2.65 bits per heavy atom. The summed E-state index contributed by atoms with van der Waals surface area (Å²) in [6.45, 7) is 1.89. The molecule has 6 heteroatoms. The predicted molar refractivity (Wildman–Crippen MR) is 82.9 cm³/mol. The zero-order chi connectivity index (χ0) is 14.7. The number of benzene rings is 2. The lowest BCUT2D eigenvalue weighted by molar-refractivity contribution is 0.318. The summed E-state index contributed by atoms with van der Waals surface area (Å²) >= 11 is 9.28. The van der Waals surface area contributed by atoms with Gasteiger partial charge in [-0.2, -0.15) is 0 Å². The van der Waals surface area contributed by atoms with E-state index in [0.29, 0.717) is 22.1 Å². The van der Waals surface area contributed by atoms with Gasteiger partial charge in [-0.05, 0) is 48.9 Å². The maximum atomic E-state index is 8.82. The third kappa shape index (κ3) is 3.23. The highest BCUT2D eigenvalue weighted by atomic mass is 79.9. The monoisotopic (exact) mass is 354 g/mol. The van der Waals surface area contributed by atoms with Gasteiger partial charge in [0.25, 0.3) is 0 Å². The molecule has 0 unspecified atom stereocenters. The molecule has 0 aliphatic heterocycles. The smallest absolute Gasteiger partial charge is 0.173 e. The lowest BCUT2D eigenvalue weighted by atomic mass is 10.1. The van der Waals surface area contributed by atoms with E-state index in [9.17, 15) is 0 Å². The highest BCUT2D eigenvalue weighted by Crippen LogP contribution is 2.31.